The summed E-state index contributed by atoms with van der Waals surface area (Å²) in [5.41, 5.74) is 4.03. The first-order valence-electron chi connectivity index (χ1n) is 8.13. The number of nitrogens with zero attached hydrogens (tertiary/aromatic N) is 1. The maximum atomic E-state index is 12.5. The molecule has 7 nitrogen and oxygen atoms in total. The fourth-order valence-corrected chi connectivity index (χ4v) is 3.99. The second kappa shape index (κ2) is 6.33. The molecular formula is C16H22N2O5S. The van der Waals surface area contributed by atoms with Gasteiger partial charge in [-0.05, 0) is 13.3 Å². The Morgan fingerprint density at radius 3 is 2.92 bits per heavy atom. The topological polar surface area (TPSA) is 101 Å². The maximum absolute atomic E-state index is 12.5. The highest BCUT2D eigenvalue weighted by molar-refractivity contribution is 7.13. The van der Waals surface area contributed by atoms with Crippen LogP contribution in [-0.2, 0) is 29.4 Å². The lowest BCUT2D eigenvalue weighted by Crippen LogP contribution is -2.32. The molecule has 2 fully saturated rings. The molecule has 0 amide bonds. The van der Waals surface area contributed by atoms with E-state index in [1.807, 2.05) is 0 Å². The second-order valence-corrected chi connectivity index (χ2v) is 7.50. The predicted molar refractivity (Wildman–Crippen MR) is 87.2 cm³/mol. The Morgan fingerprint density at radius 2 is 2.25 bits per heavy atom. The first kappa shape index (κ1) is 17.2. The molecule has 2 saturated heterocycles. The SMILES string of the molecule is CCCCOCC1CC2(CC(C)(c3csc(N)n3)OC2=O)C(=O)O1. The number of aromatic nitrogens is 1. The van der Waals surface area contributed by atoms with Gasteiger partial charge in [0.05, 0.1) is 12.3 Å². The van der Waals surface area contributed by atoms with Crippen molar-refractivity contribution in [2.24, 2.45) is 5.41 Å². The molecule has 1 aromatic rings. The molecule has 3 rings (SSSR count). The third-order valence-corrected chi connectivity index (χ3v) is 5.27. The minimum atomic E-state index is -1.26. The molecule has 2 aliphatic rings. The molecule has 3 atom stereocenters. The van der Waals surface area contributed by atoms with Crippen LogP contribution in [0.2, 0.25) is 0 Å². The minimum Gasteiger partial charge on any atom is -0.459 e. The van der Waals surface area contributed by atoms with Crippen molar-refractivity contribution in [3.8, 4) is 0 Å². The molecule has 0 radical (unpaired) electrons. The smallest absolute Gasteiger partial charge is 0.324 e. The van der Waals surface area contributed by atoms with Crippen LogP contribution in [0.1, 0.15) is 45.2 Å². The summed E-state index contributed by atoms with van der Waals surface area (Å²) in [4.78, 5) is 29.1. The van der Waals surface area contributed by atoms with Crippen LogP contribution in [0.25, 0.3) is 0 Å². The molecule has 0 aliphatic carbocycles. The largest absolute Gasteiger partial charge is 0.459 e. The summed E-state index contributed by atoms with van der Waals surface area (Å²) in [7, 11) is 0. The van der Waals surface area contributed by atoms with Gasteiger partial charge in [-0.2, -0.15) is 0 Å². The van der Waals surface area contributed by atoms with Gasteiger partial charge in [0.2, 0.25) is 0 Å². The summed E-state index contributed by atoms with van der Waals surface area (Å²) in [6.45, 7) is 4.76. The molecule has 1 aromatic heterocycles. The average molecular weight is 354 g/mol. The summed E-state index contributed by atoms with van der Waals surface area (Å²) in [6.07, 6.45) is 2.08. The van der Waals surface area contributed by atoms with E-state index in [1.165, 1.54) is 11.3 Å². The monoisotopic (exact) mass is 354 g/mol. The number of ether oxygens (including phenoxy) is 3. The molecule has 2 aliphatic heterocycles. The molecule has 0 saturated carbocycles. The van der Waals surface area contributed by atoms with Gasteiger partial charge in [-0.15, -0.1) is 11.3 Å². The van der Waals surface area contributed by atoms with E-state index >= 15 is 0 Å². The van der Waals surface area contributed by atoms with Gasteiger partial charge in [0, 0.05) is 24.8 Å². The van der Waals surface area contributed by atoms with E-state index in [0.717, 1.165) is 12.8 Å². The number of nitrogens with two attached hydrogens (primary N) is 1. The van der Waals surface area contributed by atoms with E-state index < -0.39 is 29.1 Å². The first-order valence-corrected chi connectivity index (χ1v) is 9.01. The van der Waals surface area contributed by atoms with E-state index in [9.17, 15) is 9.59 Å². The zero-order valence-electron chi connectivity index (χ0n) is 13.9. The molecule has 0 bridgehead atoms. The van der Waals surface area contributed by atoms with Crippen LogP contribution < -0.4 is 5.73 Å². The van der Waals surface area contributed by atoms with Crippen LogP contribution in [0.5, 0.6) is 0 Å². The van der Waals surface area contributed by atoms with Crippen LogP contribution >= 0.6 is 11.3 Å². The average Bonchev–Trinajstić information content (AvgIpc) is 3.16. The van der Waals surface area contributed by atoms with E-state index in [1.54, 1.807) is 12.3 Å². The maximum Gasteiger partial charge on any atom is 0.324 e. The van der Waals surface area contributed by atoms with E-state index in [0.29, 0.717) is 24.0 Å². The Balaban J connectivity index is 1.71. The Kier molecular flexibility index (Phi) is 4.52. The zero-order valence-corrected chi connectivity index (χ0v) is 14.7. The molecule has 132 valence electrons. The molecular weight excluding hydrogens is 332 g/mol. The second-order valence-electron chi connectivity index (χ2n) is 6.61. The van der Waals surface area contributed by atoms with E-state index in [2.05, 4.69) is 11.9 Å². The van der Waals surface area contributed by atoms with Crippen molar-refractivity contribution in [3.05, 3.63) is 11.1 Å². The Bertz CT molecular complexity index is 648. The van der Waals surface area contributed by atoms with Crippen LogP contribution in [0, 0.1) is 5.41 Å². The summed E-state index contributed by atoms with van der Waals surface area (Å²) >= 11 is 1.28. The molecule has 8 heteroatoms. The van der Waals surface area contributed by atoms with Gasteiger partial charge >= 0.3 is 11.9 Å². The van der Waals surface area contributed by atoms with Crippen molar-refractivity contribution in [1.29, 1.82) is 0 Å². The number of anilines is 1. The number of nitrogen functional groups attached to an aromatic ring is 1. The molecule has 3 heterocycles. The van der Waals surface area contributed by atoms with Crippen LogP contribution in [-0.4, -0.2) is 36.2 Å². The molecule has 24 heavy (non-hydrogen) atoms. The third-order valence-electron chi connectivity index (χ3n) is 4.60. The van der Waals surface area contributed by atoms with Gasteiger partial charge < -0.3 is 19.9 Å². The highest BCUT2D eigenvalue weighted by Gasteiger charge is 2.65. The summed E-state index contributed by atoms with van der Waals surface area (Å²) < 4.78 is 16.5. The van der Waals surface area contributed by atoms with Gasteiger partial charge in [0.15, 0.2) is 16.1 Å². The third kappa shape index (κ3) is 2.88. The highest BCUT2D eigenvalue weighted by atomic mass is 32.1. The van der Waals surface area contributed by atoms with Gasteiger partial charge in [0.1, 0.15) is 6.10 Å². The van der Waals surface area contributed by atoms with Crippen LogP contribution in [0.4, 0.5) is 5.13 Å². The van der Waals surface area contributed by atoms with Crippen molar-refractivity contribution < 1.29 is 23.8 Å². The standard InChI is InChI=1S/C16H22N2O5S/c1-3-4-5-21-7-10-6-16(12(19)22-10)9-15(2,23-13(16)20)11-8-24-14(17)18-11/h8,10H,3-7,9H2,1-2H3,(H2,17,18). The van der Waals surface area contributed by atoms with Crippen molar-refractivity contribution in [3.63, 3.8) is 0 Å². The number of rotatable bonds is 6. The number of unbranched alkanes of at least 4 members (excludes halogenated alkanes) is 1. The molecule has 1 spiro atoms. The fraction of sp³-hybridized carbons (Fsp3) is 0.688. The van der Waals surface area contributed by atoms with Gasteiger partial charge in [0.25, 0.3) is 0 Å². The Hall–Kier alpha value is -1.67. The van der Waals surface area contributed by atoms with Gasteiger partial charge in [-0.3, -0.25) is 9.59 Å². The summed E-state index contributed by atoms with van der Waals surface area (Å²) in [6, 6.07) is 0. The number of thiazole rings is 1. The summed E-state index contributed by atoms with van der Waals surface area (Å²) in [5.74, 6) is -1.07. The number of carbonyl (C=O) groups is 2. The van der Waals surface area contributed by atoms with Crippen molar-refractivity contribution in [1.82, 2.24) is 4.98 Å². The van der Waals surface area contributed by atoms with Gasteiger partial charge in [-0.25, -0.2) is 4.98 Å². The number of esters is 2. The number of hydrogen-bond acceptors (Lipinski definition) is 8. The highest BCUT2D eigenvalue weighted by Crippen LogP contribution is 2.52. The lowest BCUT2D eigenvalue weighted by Gasteiger charge is -2.20. The first-order chi connectivity index (χ1) is 11.4. The summed E-state index contributed by atoms with van der Waals surface area (Å²) in [5, 5.41) is 2.16. The molecule has 0 aromatic carbocycles. The molecule has 2 N–H and O–H groups in total. The minimum absolute atomic E-state index is 0.215. The lowest BCUT2D eigenvalue weighted by atomic mass is 9.78. The van der Waals surface area contributed by atoms with Crippen molar-refractivity contribution in [2.75, 3.05) is 18.9 Å². The van der Waals surface area contributed by atoms with Crippen LogP contribution in [0.3, 0.4) is 0 Å². The van der Waals surface area contributed by atoms with E-state index in [4.69, 9.17) is 19.9 Å². The van der Waals surface area contributed by atoms with Crippen LogP contribution in [0.15, 0.2) is 5.38 Å². The quantitative estimate of drug-likeness (QED) is 0.474. The normalized spacial score (nSPS) is 32.3. The molecule has 3 unspecified atom stereocenters. The zero-order chi connectivity index (χ0) is 17.4. The number of hydrogen-bond donors (Lipinski definition) is 1. The van der Waals surface area contributed by atoms with E-state index in [-0.39, 0.29) is 12.8 Å². The fourth-order valence-electron chi connectivity index (χ4n) is 3.30. The number of cyclic esters (lactones) is 2. The van der Waals surface area contributed by atoms with Gasteiger partial charge in [-0.1, -0.05) is 13.3 Å². The Morgan fingerprint density at radius 1 is 1.46 bits per heavy atom. The number of carbonyl (C=O) groups excluding carboxylic acids is 2. The van der Waals surface area contributed by atoms with Crippen molar-refractivity contribution in [2.45, 2.75) is 51.2 Å². The van der Waals surface area contributed by atoms with Crippen molar-refractivity contribution >= 4 is 28.4 Å². The lowest BCUT2D eigenvalue weighted by molar-refractivity contribution is -0.160. The predicted octanol–water partition coefficient (Wildman–Crippen LogP) is 2.01. The Labute approximate surface area is 144 Å².